The maximum Gasteiger partial charge on any atom is 0.235 e. The highest BCUT2D eigenvalue weighted by molar-refractivity contribution is 5.79. The second-order valence-electron chi connectivity index (χ2n) is 6.49. The van der Waals surface area contributed by atoms with Crippen LogP contribution in [-0.4, -0.2) is 42.0 Å². The van der Waals surface area contributed by atoms with Crippen LogP contribution in [0, 0.1) is 23.2 Å². The molecular weight excluding hydrogens is 252 g/mol. The molecule has 0 spiro atoms. The molecule has 0 radical (unpaired) electrons. The van der Waals surface area contributed by atoms with Gasteiger partial charge in [-0.1, -0.05) is 13.3 Å². The third-order valence-electron chi connectivity index (χ3n) is 4.79. The quantitative estimate of drug-likeness (QED) is 0.781. The fraction of sp³-hybridized carbons (Fsp3) is 0.867. The predicted octanol–water partition coefficient (Wildman–Crippen LogP) is 0.854. The first kappa shape index (κ1) is 15.3. The summed E-state index contributed by atoms with van der Waals surface area (Å²) in [5.74, 6) is 0.767. The molecule has 0 bridgehead atoms. The summed E-state index contributed by atoms with van der Waals surface area (Å²) in [5.41, 5.74) is 5.40. The highest BCUT2D eigenvalue weighted by atomic mass is 16.2. The zero-order valence-electron chi connectivity index (χ0n) is 12.6. The Morgan fingerprint density at radius 2 is 2.20 bits per heavy atom. The minimum absolute atomic E-state index is 0.0359. The van der Waals surface area contributed by atoms with E-state index in [4.69, 9.17) is 5.73 Å². The van der Waals surface area contributed by atoms with Gasteiger partial charge in [0.25, 0.3) is 0 Å². The van der Waals surface area contributed by atoms with Crippen molar-refractivity contribution in [2.45, 2.75) is 51.1 Å². The standard InChI is InChI=1S/C15H26N4O/c1-3-11-8-19(7-6-13(11)17)9-14(20)18-15(2,10-16)12-4-5-12/h11-13H,3-9,17H2,1-2H3,(H,18,20). The molecule has 1 aliphatic carbocycles. The van der Waals surface area contributed by atoms with Crippen LogP contribution in [-0.2, 0) is 4.79 Å². The molecule has 1 aliphatic heterocycles. The lowest BCUT2D eigenvalue weighted by Crippen LogP contribution is -2.53. The van der Waals surface area contributed by atoms with Gasteiger partial charge in [0.2, 0.25) is 5.91 Å². The summed E-state index contributed by atoms with van der Waals surface area (Å²) < 4.78 is 0. The molecule has 20 heavy (non-hydrogen) atoms. The van der Waals surface area contributed by atoms with Gasteiger partial charge in [0.05, 0.1) is 12.6 Å². The number of hydrogen-bond acceptors (Lipinski definition) is 4. The first-order valence-corrected chi connectivity index (χ1v) is 7.68. The summed E-state index contributed by atoms with van der Waals surface area (Å²) in [5, 5.41) is 12.2. The van der Waals surface area contributed by atoms with Crippen molar-refractivity contribution < 1.29 is 4.79 Å². The molecule has 1 heterocycles. The highest BCUT2D eigenvalue weighted by Crippen LogP contribution is 2.39. The van der Waals surface area contributed by atoms with Crippen molar-refractivity contribution in [3.05, 3.63) is 0 Å². The highest BCUT2D eigenvalue weighted by Gasteiger charge is 2.43. The van der Waals surface area contributed by atoms with E-state index in [2.05, 4.69) is 23.2 Å². The Morgan fingerprint density at radius 1 is 1.50 bits per heavy atom. The van der Waals surface area contributed by atoms with Gasteiger partial charge in [-0.2, -0.15) is 5.26 Å². The van der Waals surface area contributed by atoms with E-state index in [1.165, 1.54) is 0 Å². The Bertz CT molecular complexity index is 401. The van der Waals surface area contributed by atoms with Crippen molar-refractivity contribution in [3.63, 3.8) is 0 Å². The number of nitrogens with zero attached hydrogens (tertiary/aromatic N) is 2. The summed E-state index contributed by atoms with van der Waals surface area (Å²) in [4.78, 5) is 14.3. The Morgan fingerprint density at radius 3 is 2.75 bits per heavy atom. The maximum absolute atomic E-state index is 12.2. The Balaban J connectivity index is 1.84. The van der Waals surface area contributed by atoms with E-state index < -0.39 is 5.54 Å². The maximum atomic E-state index is 12.2. The number of nitrogens with one attached hydrogen (secondary N) is 1. The molecule has 5 nitrogen and oxygen atoms in total. The second kappa shape index (κ2) is 6.11. The number of carbonyl (C=O) groups excluding carboxylic acids is 1. The van der Waals surface area contributed by atoms with Crippen LogP contribution in [0.15, 0.2) is 0 Å². The smallest absolute Gasteiger partial charge is 0.235 e. The molecule has 3 atom stereocenters. The first-order chi connectivity index (χ1) is 9.48. The van der Waals surface area contributed by atoms with Crippen LogP contribution in [0.4, 0.5) is 0 Å². The molecule has 5 heteroatoms. The largest absolute Gasteiger partial charge is 0.337 e. The van der Waals surface area contributed by atoms with E-state index in [1.54, 1.807) is 0 Å². The van der Waals surface area contributed by atoms with E-state index in [1.807, 2.05) is 6.92 Å². The van der Waals surface area contributed by atoms with Crippen molar-refractivity contribution >= 4 is 5.91 Å². The summed E-state index contributed by atoms with van der Waals surface area (Å²) in [6.45, 7) is 6.13. The zero-order chi connectivity index (χ0) is 14.8. The van der Waals surface area contributed by atoms with Crippen molar-refractivity contribution in [1.82, 2.24) is 10.2 Å². The van der Waals surface area contributed by atoms with Crippen LogP contribution < -0.4 is 11.1 Å². The molecule has 0 aromatic rings. The summed E-state index contributed by atoms with van der Waals surface area (Å²) in [6.07, 6.45) is 4.09. The normalized spacial score (nSPS) is 30.3. The lowest BCUT2D eigenvalue weighted by atomic mass is 9.90. The monoisotopic (exact) mass is 278 g/mol. The molecule has 1 saturated heterocycles. The predicted molar refractivity (Wildman–Crippen MR) is 77.7 cm³/mol. The van der Waals surface area contributed by atoms with Crippen LogP contribution in [0.2, 0.25) is 0 Å². The molecule has 2 fully saturated rings. The topological polar surface area (TPSA) is 82.2 Å². The molecular formula is C15H26N4O. The minimum Gasteiger partial charge on any atom is -0.337 e. The minimum atomic E-state index is -0.687. The summed E-state index contributed by atoms with van der Waals surface area (Å²) in [7, 11) is 0. The van der Waals surface area contributed by atoms with Crippen LogP contribution in [0.3, 0.4) is 0 Å². The van der Waals surface area contributed by atoms with Gasteiger partial charge < -0.3 is 11.1 Å². The Hall–Kier alpha value is -1.12. The van der Waals surface area contributed by atoms with Crippen molar-refractivity contribution in [2.75, 3.05) is 19.6 Å². The molecule has 0 aromatic carbocycles. The molecule has 3 N–H and O–H groups in total. The van der Waals surface area contributed by atoms with Gasteiger partial charge in [-0.15, -0.1) is 0 Å². The van der Waals surface area contributed by atoms with Gasteiger partial charge in [0.1, 0.15) is 5.54 Å². The fourth-order valence-corrected chi connectivity index (χ4v) is 3.12. The van der Waals surface area contributed by atoms with E-state index in [9.17, 15) is 10.1 Å². The van der Waals surface area contributed by atoms with Gasteiger partial charge in [0, 0.05) is 19.1 Å². The number of likely N-dealkylation sites (tertiary alicyclic amines) is 1. The van der Waals surface area contributed by atoms with E-state index >= 15 is 0 Å². The number of nitrogens with two attached hydrogens (primary N) is 1. The van der Waals surface area contributed by atoms with Gasteiger partial charge in [-0.25, -0.2) is 0 Å². The third-order valence-corrected chi connectivity index (χ3v) is 4.79. The van der Waals surface area contributed by atoms with Gasteiger partial charge in [-0.3, -0.25) is 9.69 Å². The summed E-state index contributed by atoms with van der Waals surface area (Å²) in [6, 6.07) is 2.52. The van der Waals surface area contributed by atoms with Crippen molar-refractivity contribution in [2.24, 2.45) is 17.6 Å². The van der Waals surface area contributed by atoms with Crippen LogP contribution in [0.5, 0.6) is 0 Å². The van der Waals surface area contributed by atoms with E-state index in [0.29, 0.717) is 18.4 Å². The number of piperidine rings is 1. The number of carbonyl (C=O) groups is 1. The zero-order valence-corrected chi connectivity index (χ0v) is 12.6. The average Bonchev–Trinajstić information content (AvgIpc) is 3.25. The average molecular weight is 278 g/mol. The second-order valence-corrected chi connectivity index (χ2v) is 6.49. The number of rotatable bonds is 5. The first-order valence-electron chi connectivity index (χ1n) is 7.68. The number of nitriles is 1. The van der Waals surface area contributed by atoms with Crippen LogP contribution >= 0.6 is 0 Å². The molecule has 3 unspecified atom stereocenters. The fourth-order valence-electron chi connectivity index (χ4n) is 3.12. The van der Waals surface area contributed by atoms with Gasteiger partial charge in [-0.05, 0) is 38.0 Å². The van der Waals surface area contributed by atoms with Gasteiger partial charge in [0.15, 0.2) is 0 Å². The lowest BCUT2D eigenvalue weighted by Gasteiger charge is -2.36. The Kier molecular flexibility index (Phi) is 4.66. The molecule has 1 saturated carbocycles. The SMILES string of the molecule is CCC1CN(CC(=O)NC(C)(C#N)C2CC2)CCC1N. The van der Waals surface area contributed by atoms with Crippen LogP contribution in [0.25, 0.3) is 0 Å². The van der Waals surface area contributed by atoms with Crippen molar-refractivity contribution in [1.29, 1.82) is 5.26 Å². The number of amides is 1. The molecule has 2 rings (SSSR count). The molecule has 0 aromatic heterocycles. The third kappa shape index (κ3) is 3.50. The van der Waals surface area contributed by atoms with Crippen molar-refractivity contribution in [3.8, 4) is 6.07 Å². The number of hydrogen-bond donors (Lipinski definition) is 2. The molecule has 2 aliphatic rings. The Labute approximate surface area is 121 Å². The van der Waals surface area contributed by atoms with Crippen LogP contribution in [0.1, 0.15) is 39.5 Å². The lowest BCUT2D eigenvalue weighted by molar-refractivity contribution is -0.124. The van der Waals surface area contributed by atoms with E-state index in [-0.39, 0.29) is 11.9 Å². The van der Waals surface area contributed by atoms with E-state index in [0.717, 1.165) is 38.8 Å². The molecule has 1 amide bonds. The summed E-state index contributed by atoms with van der Waals surface area (Å²) >= 11 is 0. The van der Waals surface area contributed by atoms with Gasteiger partial charge >= 0.3 is 0 Å². The molecule has 112 valence electrons.